The molecule has 1 aliphatic rings. The number of thiazole rings is 1. The highest BCUT2D eigenvalue weighted by molar-refractivity contribution is 7.15. The number of benzene rings is 1. The number of rotatable bonds is 3. The lowest BCUT2D eigenvalue weighted by Crippen LogP contribution is -2.28. The first-order valence-corrected chi connectivity index (χ1v) is 9.70. The van der Waals surface area contributed by atoms with Gasteiger partial charge >= 0.3 is 0 Å². The van der Waals surface area contributed by atoms with Gasteiger partial charge in [0.15, 0.2) is 0 Å². The van der Waals surface area contributed by atoms with Crippen LogP contribution in [0, 0.1) is 19.8 Å². The van der Waals surface area contributed by atoms with Crippen molar-refractivity contribution in [1.29, 1.82) is 0 Å². The van der Waals surface area contributed by atoms with Crippen molar-refractivity contribution in [2.45, 2.75) is 33.1 Å². The summed E-state index contributed by atoms with van der Waals surface area (Å²) in [5.74, 6) is 0.111. The molecule has 1 aromatic carbocycles. The Bertz CT molecular complexity index is 929. The highest BCUT2D eigenvalue weighted by Gasteiger charge is 2.28. The van der Waals surface area contributed by atoms with Crippen LogP contribution in [0.2, 0.25) is 0 Å². The van der Waals surface area contributed by atoms with E-state index in [0.29, 0.717) is 0 Å². The van der Waals surface area contributed by atoms with E-state index in [4.69, 9.17) is 4.98 Å². The first-order chi connectivity index (χ1) is 12.6. The Morgan fingerprint density at radius 3 is 2.69 bits per heavy atom. The lowest BCUT2D eigenvalue weighted by molar-refractivity contribution is -0.120. The lowest BCUT2D eigenvalue weighted by atomic mass is 9.90. The van der Waals surface area contributed by atoms with Crippen molar-refractivity contribution >= 4 is 22.9 Å². The van der Waals surface area contributed by atoms with Gasteiger partial charge in [0.1, 0.15) is 5.01 Å². The van der Waals surface area contributed by atoms with E-state index in [-0.39, 0.29) is 11.8 Å². The average molecular weight is 363 g/mol. The van der Waals surface area contributed by atoms with Crippen LogP contribution in [0.5, 0.6) is 0 Å². The van der Waals surface area contributed by atoms with E-state index in [1.54, 1.807) is 17.5 Å². The van der Waals surface area contributed by atoms with Crippen molar-refractivity contribution in [2.24, 2.45) is 5.92 Å². The number of nitrogens with zero attached hydrogens (tertiary/aromatic N) is 2. The van der Waals surface area contributed by atoms with Gasteiger partial charge in [-0.2, -0.15) is 0 Å². The van der Waals surface area contributed by atoms with Crippen molar-refractivity contribution in [3.05, 3.63) is 64.3 Å². The van der Waals surface area contributed by atoms with Crippen LogP contribution >= 0.6 is 11.3 Å². The Morgan fingerprint density at radius 1 is 1.15 bits per heavy atom. The molecular formula is C21H21N3OS. The van der Waals surface area contributed by atoms with E-state index >= 15 is 0 Å². The van der Waals surface area contributed by atoms with Gasteiger partial charge in [0.05, 0.1) is 11.4 Å². The molecule has 0 saturated carbocycles. The zero-order valence-electron chi connectivity index (χ0n) is 15.0. The van der Waals surface area contributed by atoms with Gasteiger partial charge < -0.3 is 5.32 Å². The largest absolute Gasteiger partial charge is 0.325 e. The summed E-state index contributed by atoms with van der Waals surface area (Å²) in [6.45, 7) is 4.06. The number of amides is 1. The summed E-state index contributed by atoms with van der Waals surface area (Å²) in [6, 6.07) is 11.9. The number of carbonyl (C=O) groups is 1. The molecule has 4 nitrogen and oxygen atoms in total. The summed E-state index contributed by atoms with van der Waals surface area (Å²) in [6.07, 6.45) is 4.24. The molecule has 2 heterocycles. The fourth-order valence-electron chi connectivity index (χ4n) is 3.43. The minimum Gasteiger partial charge on any atom is -0.325 e. The first-order valence-electron chi connectivity index (χ1n) is 8.89. The zero-order valence-corrected chi connectivity index (χ0v) is 15.8. The topological polar surface area (TPSA) is 54.9 Å². The molecule has 1 amide bonds. The number of hydrogen-bond donors (Lipinski definition) is 1. The predicted molar refractivity (Wildman–Crippen MR) is 105 cm³/mol. The Balaban J connectivity index is 1.51. The maximum atomic E-state index is 12.8. The Kier molecular flexibility index (Phi) is 4.55. The van der Waals surface area contributed by atoms with Crippen molar-refractivity contribution in [3.8, 4) is 10.7 Å². The molecule has 0 aliphatic heterocycles. The standard InChI is InChI=1S/C21H21N3OS/c1-13-6-5-7-14(2)19(13)24-20(25)15-9-10-16-18(12-15)26-21(23-16)17-8-3-4-11-22-17/h3-8,11,15H,9-10,12H2,1-2H3,(H,24,25). The van der Waals surface area contributed by atoms with Crippen LogP contribution in [-0.4, -0.2) is 15.9 Å². The van der Waals surface area contributed by atoms with Gasteiger partial charge in [-0.25, -0.2) is 4.98 Å². The van der Waals surface area contributed by atoms with Crippen LogP contribution in [-0.2, 0) is 17.6 Å². The number of aromatic nitrogens is 2. The van der Waals surface area contributed by atoms with E-state index < -0.39 is 0 Å². The molecule has 1 unspecified atom stereocenters. The van der Waals surface area contributed by atoms with Gasteiger partial charge in [-0.3, -0.25) is 9.78 Å². The molecule has 1 aliphatic carbocycles. The van der Waals surface area contributed by atoms with Gasteiger partial charge in [-0.05, 0) is 56.4 Å². The number of aryl methyl sites for hydroxylation is 3. The maximum absolute atomic E-state index is 12.8. The minimum atomic E-state index is -0.00135. The van der Waals surface area contributed by atoms with Gasteiger partial charge in [-0.15, -0.1) is 11.3 Å². The molecule has 2 aromatic heterocycles. The lowest BCUT2D eigenvalue weighted by Gasteiger charge is -2.21. The number of fused-ring (bicyclic) bond motifs is 1. The molecule has 3 aromatic rings. The number of hydrogen-bond acceptors (Lipinski definition) is 4. The minimum absolute atomic E-state index is 0.00135. The quantitative estimate of drug-likeness (QED) is 0.742. The van der Waals surface area contributed by atoms with Crippen LogP contribution in [0.15, 0.2) is 42.6 Å². The molecule has 0 bridgehead atoms. The Labute approximate surface area is 157 Å². The van der Waals surface area contributed by atoms with Gasteiger partial charge in [0.25, 0.3) is 0 Å². The number of pyridine rings is 1. The third-order valence-electron chi connectivity index (χ3n) is 4.92. The Hall–Kier alpha value is -2.53. The number of anilines is 1. The second-order valence-corrected chi connectivity index (χ2v) is 7.88. The van der Waals surface area contributed by atoms with Crippen molar-refractivity contribution < 1.29 is 4.79 Å². The van der Waals surface area contributed by atoms with E-state index in [1.165, 1.54) is 4.88 Å². The van der Waals surface area contributed by atoms with Crippen LogP contribution < -0.4 is 5.32 Å². The molecule has 132 valence electrons. The second kappa shape index (κ2) is 7.00. The summed E-state index contributed by atoms with van der Waals surface area (Å²) < 4.78 is 0. The summed E-state index contributed by atoms with van der Waals surface area (Å²) in [5.41, 5.74) is 5.19. The Morgan fingerprint density at radius 2 is 1.96 bits per heavy atom. The van der Waals surface area contributed by atoms with Crippen LogP contribution in [0.1, 0.15) is 28.1 Å². The van der Waals surface area contributed by atoms with Crippen molar-refractivity contribution in [2.75, 3.05) is 5.32 Å². The van der Waals surface area contributed by atoms with Crippen molar-refractivity contribution in [3.63, 3.8) is 0 Å². The molecule has 5 heteroatoms. The van der Waals surface area contributed by atoms with Crippen LogP contribution in [0.3, 0.4) is 0 Å². The van der Waals surface area contributed by atoms with E-state index in [2.05, 4.69) is 10.3 Å². The normalized spacial score (nSPS) is 16.2. The molecule has 4 rings (SSSR count). The van der Waals surface area contributed by atoms with Gasteiger partial charge in [0.2, 0.25) is 5.91 Å². The highest BCUT2D eigenvalue weighted by Crippen LogP contribution is 2.34. The first kappa shape index (κ1) is 16.9. The average Bonchev–Trinajstić information content (AvgIpc) is 3.09. The number of para-hydroxylation sites is 1. The van der Waals surface area contributed by atoms with Gasteiger partial charge in [0, 0.05) is 22.7 Å². The second-order valence-electron chi connectivity index (χ2n) is 6.80. The number of carbonyl (C=O) groups excluding carboxylic acids is 1. The van der Waals surface area contributed by atoms with Crippen LogP contribution in [0.4, 0.5) is 5.69 Å². The van der Waals surface area contributed by atoms with Crippen LogP contribution in [0.25, 0.3) is 10.7 Å². The molecular weight excluding hydrogens is 342 g/mol. The van der Waals surface area contributed by atoms with Crippen molar-refractivity contribution in [1.82, 2.24) is 9.97 Å². The summed E-state index contributed by atoms with van der Waals surface area (Å²) >= 11 is 1.67. The molecule has 0 radical (unpaired) electrons. The summed E-state index contributed by atoms with van der Waals surface area (Å²) in [4.78, 5) is 23.2. The monoisotopic (exact) mass is 363 g/mol. The third kappa shape index (κ3) is 3.27. The molecule has 0 fully saturated rings. The summed E-state index contributed by atoms with van der Waals surface area (Å²) in [5, 5.41) is 4.10. The van der Waals surface area contributed by atoms with E-state index in [9.17, 15) is 4.79 Å². The third-order valence-corrected chi connectivity index (χ3v) is 6.07. The van der Waals surface area contributed by atoms with E-state index in [0.717, 1.165) is 52.5 Å². The zero-order chi connectivity index (χ0) is 18.1. The molecule has 0 saturated heterocycles. The fourth-order valence-corrected chi connectivity index (χ4v) is 4.60. The molecule has 1 N–H and O–H groups in total. The maximum Gasteiger partial charge on any atom is 0.227 e. The van der Waals surface area contributed by atoms with E-state index in [1.807, 2.05) is 50.2 Å². The fraction of sp³-hybridized carbons (Fsp3) is 0.286. The molecule has 26 heavy (non-hydrogen) atoms. The molecule has 1 atom stereocenters. The van der Waals surface area contributed by atoms with Gasteiger partial charge in [-0.1, -0.05) is 24.3 Å². The smallest absolute Gasteiger partial charge is 0.227 e. The highest BCUT2D eigenvalue weighted by atomic mass is 32.1. The molecule has 0 spiro atoms. The SMILES string of the molecule is Cc1cccc(C)c1NC(=O)C1CCc2nc(-c3ccccn3)sc2C1. The predicted octanol–water partition coefficient (Wildman–Crippen LogP) is 4.57. The summed E-state index contributed by atoms with van der Waals surface area (Å²) in [7, 11) is 0. The number of nitrogens with one attached hydrogen (secondary N) is 1.